The van der Waals surface area contributed by atoms with Crippen molar-refractivity contribution in [3.05, 3.63) is 0 Å². The van der Waals surface area contributed by atoms with E-state index >= 15 is 0 Å². The van der Waals surface area contributed by atoms with Gasteiger partial charge in [0.15, 0.2) is 0 Å². The summed E-state index contributed by atoms with van der Waals surface area (Å²) < 4.78 is 5.04. The van der Waals surface area contributed by atoms with Crippen LogP contribution < -0.4 is 21.7 Å². The molecule has 1 saturated carbocycles. The van der Waals surface area contributed by atoms with Crippen LogP contribution in [-0.2, 0) is 28.7 Å². The van der Waals surface area contributed by atoms with Gasteiger partial charge in [-0.05, 0) is 43.4 Å². The smallest absolute Gasteiger partial charge is 0.328 e. The molecule has 0 radical (unpaired) electrons. The standard InChI is InChI=1S/C26H43N5O7/c1-7-38-24(36)18(14(2)3)29-25(37)30-20(26(4,5)6)23(35)31-12-8-9-17(31)22(34)28-16(13-15-10-11-15)19(32)21(27)33/h14-18,20H,7-13H2,1-6H3,(H2,27,33)(H,28,34)(H2,29,30,37)/t16?,17-,18?,20?/m0/s1. The molecule has 3 unspecified atom stereocenters. The molecule has 2 fully saturated rings. The van der Waals surface area contributed by atoms with Gasteiger partial charge in [-0.1, -0.05) is 47.5 Å². The molecule has 0 aromatic heterocycles. The van der Waals surface area contributed by atoms with E-state index in [1.807, 2.05) is 0 Å². The van der Waals surface area contributed by atoms with Crippen LogP contribution in [-0.4, -0.2) is 77.7 Å². The number of nitrogens with zero attached hydrogens (tertiary/aromatic N) is 1. The summed E-state index contributed by atoms with van der Waals surface area (Å²) >= 11 is 0. The van der Waals surface area contributed by atoms with Crippen LogP contribution in [0.3, 0.4) is 0 Å². The largest absolute Gasteiger partial charge is 0.464 e. The molecule has 2 rings (SSSR count). The lowest BCUT2D eigenvalue weighted by Crippen LogP contribution is -2.61. The monoisotopic (exact) mass is 537 g/mol. The molecule has 1 saturated heterocycles. The van der Waals surface area contributed by atoms with E-state index in [1.54, 1.807) is 41.5 Å². The molecular formula is C26H43N5O7. The quantitative estimate of drug-likeness (QED) is 0.208. The molecule has 5 amide bonds. The number of carbonyl (C=O) groups is 6. The maximum absolute atomic E-state index is 13.7. The van der Waals surface area contributed by atoms with Crippen LogP contribution in [0.4, 0.5) is 4.79 Å². The number of carbonyl (C=O) groups excluding carboxylic acids is 6. The molecule has 12 nitrogen and oxygen atoms in total. The summed E-state index contributed by atoms with van der Waals surface area (Å²) in [7, 11) is 0. The number of esters is 1. The van der Waals surface area contributed by atoms with Crippen molar-refractivity contribution in [3.63, 3.8) is 0 Å². The number of urea groups is 1. The molecule has 1 heterocycles. The van der Waals surface area contributed by atoms with Crippen molar-refractivity contribution in [3.8, 4) is 0 Å². The van der Waals surface area contributed by atoms with Crippen LogP contribution in [0.25, 0.3) is 0 Å². The number of nitrogens with one attached hydrogen (secondary N) is 3. The maximum Gasteiger partial charge on any atom is 0.328 e. The molecule has 4 atom stereocenters. The number of likely N-dealkylation sites (tertiary alicyclic amines) is 1. The molecular weight excluding hydrogens is 494 g/mol. The zero-order valence-electron chi connectivity index (χ0n) is 23.3. The van der Waals surface area contributed by atoms with Crippen molar-refractivity contribution in [1.29, 1.82) is 0 Å². The van der Waals surface area contributed by atoms with Gasteiger partial charge in [-0.3, -0.25) is 19.2 Å². The van der Waals surface area contributed by atoms with Gasteiger partial charge in [0.1, 0.15) is 18.1 Å². The van der Waals surface area contributed by atoms with E-state index in [1.165, 1.54) is 4.90 Å². The molecule has 1 aliphatic heterocycles. The van der Waals surface area contributed by atoms with Gasteiger partial charge in [0.05, 0.1) is 12.6 Å². The molecule has 214 valence electrons. The normalized spacial score (nSPS) is 19.8. The van der Waals surface area contributed by atoms with Crippen LogP contribution in [0.15, 0.2) is 0 Å². The Balaban J connectivity index is 2.16. The second-order valence-electron chi connectivity index (χ2n) is 11.5. The van der Waals surface area contributed by atoms with Crippen molar-refractivity contribution in [2.45, 2.75) is 97.8 Å². The van der Waals surface area contributed by atoms with Crippen molar-refractivity contribution < 1.29 is 33.5 Å². The number of amides is 5. The van der Waals surface area contributed by atoms with Crippen molar-refractivity contribution >= 4 is 35.5 Å². The molecule has 5 N–H and O–H groups in total. The zero-order chi connectivity index (χ0) is 28.8. The lowest BCUT2D eigenvalue weighted by molar-refractivity contribution is -0.146. The van der Waals surface area contributed by atoms with Crippen LogP contribution in [0, 0.1) is 17.3 Å². The Labute approximate surface area is 224 Å². The first-order chi connectivity index (χ1) is 17.7. The Kier molecular flexibility index (Phi) is 10.7. The summed E-state index contributed by atoms with van der Waals surface area (Å²) in [6, 6.07) is -4.50. The second kappa shape index (κ2) is 13.1. The third-order valence-electron chi connectivity index (χ3n) is 6.86. The molecule has 0 aromatic carbocycles. The maximum atomic E-state index is 13.7. The third-order valence-corrected chi connectivity index (χ3v) is 6.86. The summed E-state index contributed by atoms with van der Waals surface area (Å²) in [6.45, 7) is 11.0. The highest BCUT2D eigenvalue weighted by Gasteiger charge is 2.43. The zero-order valence-corrected chi connectivity index (χ0v) is 23.3. The minimum atomic E-state index is -1.11. The van der Waals surface area contributed by atoms with Gasteiger partial charge in [-0.2, -0.15) is 0 Å². The molecule has 0 spiro atoms. The fourth-order valence-corrected chi connectivity index (χ4v) is 4.52. The minimum Gasteiger partial charge on any atom is -0.464 e. The number of ether oxygens (including phenoxy) is 1. The van der Waals surface area contributed by atoms with E-state index in [2.05, 4.69) is 16.0 Å². The number of Topliss-reactive ketones (excluding diaryl/α,β-unsaturated/α-hetero) is 1. The van der Waals surface area contributed by atoms with E-state index in [0.29, 0.717) is 25.8 Å². The number of nitrogens with two attached hydrogens (primary N) is 1. The Morgan fingerprint density at radius 1 is 1.00 bits per heavy atom. The minimum absolute atomic E-state index is 0.166. The number of hydrogen-bond donors (Lipinski definition) is 4. The molecule has 12 heteroatoms. The first kappa shape index (κ1) is 31.0. The molecule has 38 heavy (non-hydrogen) atoms. The van der Waals surface area contributed by atoms with Crippen LogP contribution in [0.5, 0.6) is 0 Å². The fourth-order valence-electron chi connectivity index (χ4n) is 4.52. The highest BCUT2D eigenvalue weighted by molar-refractivity contribution is 6.37. The number of rotatable bonds is 12. The summed E-state index contributed by atoms with van der Waals surface area (Å²) in [4.78, 5) is 77.2. The van der Waals surface area contributed by atoms with Crippen LogP contribution in [0.1, 0.15) is 73.6 Å². The summed E-state index contributed by atoms with van der Waals surface area (Å²) in [5.74, 6) is -3.52. The van der Waals surface area contributed by atoms with E-state index in [4.69, 9.17) is 10.5 Å². The van der Waals surface area contributed by atoms with E-state index in [0.717, 1.165) is 12.8 Å². The topological polar surface area (TPSA) is 177 Å². The van der Waals surface area contributed by atoms with Crippen molar-refractivity contribution in [2.75, 3.05) is 13.2 Å². The Hall–Kier alpha value is -3.18. The summed E-state index contributed by atoms with van der Waals surface area (Å²) in [5, 5.41) is 7.93. The molecule has 1 aliphatic carbocycles. The predicted octanol–water partition coefficient (Wildman–Crippen LogP) is 0.618. The van der Waals surface area contributed by atoms with E-state index < -0.39 is 65.1 Å². The SMILES string of the molecule is CCOC(=O)C(NC(=O)NC(C(=O)N1CCC[C@H]1C(=O)NC(CC1CC1)C(=O)C(N)=O)C(C)(C)C)C(C)C. The first-order valence-corrected chi connectivity index (χ1v) is 13.4. The number of ketones is 1. The highest BCUT2D eigenvalue weighted by Crippen LogP contribution is 2.34. The number of primary amides is 1. The predicted molar refractivity (Wildman–Crippen MR) is 138 cm³/mol. The van der Waals surface area contributed by atoms with Crippen molar-refractivity contribution in [1.82, 2.24) is 20.9 Å². The molecule has 0 aromatic rings. The molecule has 0 bridgehead atoms. The van der Waals surface area contributed by atoms with Gasteiger partial charge in [0, 0.05) is 6.54 Å². The van der Waals surface area contributed by atoms with Crippen LogP contribution in [0.2, 0.25) is 0 Å². The Bertz CT molecular complexity index is 925. The molecule has 2 aliphatic rings. The fraction of sp³-hybridized carbons (Fsp3) is 0.769. The van der Waals surface area contributed by atoms with Gasteiger partial charge in [0.25, 0.3) is 5.91 Å². The first-order valence-electron chi connectivity index (χ1n) is 13.4. The Morgan fingerprint density at radius 3 is 2.13 bits per heavy atom. The number of hydrogen-bond acceptors (Lipinski definition) is 7. The third kappa shape index (κ3) is 8.42. The van der Waals surface area contributed by atoms with Gasteiger partial charge < -0.3 is 31.3 Å². The van der Waals surface area contributed by atoms with Gasteiger partial charge in [-0.25, -0.2) is 9.59 Å². The van der Waals surface area contributed by atoms with Gasteiger partial charge in [-0.15, -0.1) is 0 Å². The van der Waals surface area contributed by atoms with E-state index in [9.17, 15) is 28.8 Å². The average molecular weight is 538 g/mol. The Morgan fingerprint density at radius 2 is 1.63 bits per heavy atom. The van der Waals surface area contributed by atoms with E-state index in [-0.39, 0.29) is 18.4 Å². The highest BCUT2D eigenvalue weighted by atomic mass is 16.5. The van der Waals surface area contributed by atoms with Gasteiger partial charge in [0.2, 0.25) is 17.6 Å². The van der Waals surface area contributed by atoms with Crippen LogP contribution >= 0.6 is 0 Å². The van der Waals surface area contributed by atoms with Crippen molar-refractivity contribution in [2.24, 2.45) is 23.0 Å². The lowest BCUT2D eigenvalue weighted by Gasteiger charge is -2.36. The van der Waals surface area contributed by atoms with Gasteiger partial charge >= 0.3 is 12.0 Å². The second-order valence-corrected chi connectivity index (χ2v) is 11.5. The lowest BCUT2D eigenvalue weighted by atomic mass is 9.85. The summed E-state index contributed by atoms with van der Waals surface area (Å²) in [6.07, 6.45) is 3.10. The summed E-state index contributed by atoms with van der Waals surface area (Å²) in [5.41, 5.74) is 4.45. The average Bonchev–Trinajstić information content (AvgIpc) is 3.49.